The van der Waals surface area contributed by atoms with Gasteiger partial charge in [0.05, 0.1) is 23.2 Å². The molecule has 1 aromatic heterocycles. The van der Waals surface area contributed by atoms with E-state index in [0.717, 1.165) is 43.0 Å². The second-order valence-electron chi connectivity index (χ2n) is 6.51. The number of ether oxygens (including phenoxy) is 2. The fraction of sp³-hybridized carbons (Fsp3) is 0.765. The number of aryl methyl sites for hydroxylation is 1. The number of rotatable bonds is 8. The number of unbranched alkanes of at least 4 members (excludes halogenated alkanes) is 1. The molecule has 1 aliphatic carbocycles. The molecule has 0 spiro atoms. The summed E-state index contributed by atoms with van der Waals surface area (Å²) in [5.41, 5.74) is 0.722. The van der Waals surface area contributed by atoms with Crippen LogP contribution >= 0.6 is 11.3 Å². The van der Waals surface area contributed by atoms with Crippen LogP contribution < -0.4 is 0 Å². The molecule has 1 fully saturated rings. The SMILES string of the molecule is CCCCOC1CC(OC(=O)Cc2csc(CC)n2)C1(C)C. The van der Waals surface area contributed by atoms with Gasteiger partial charge in [0.25, 0.3) is 0 Å². The topological polar surface area (TPSA) is 48.4 Å². The second kappa shape index (κ2) is 7.55. The number of carbonyl (C=O) groups is 1. The molecule has 0 radical (unpaired) electrons. The van der Waals surface area contributed by atoms with E-state index in [-0.39, 0.29) is 30.0 Å². The maximum atomic E-state index is 12.1. The van der Waals surface area contributed by atoms with Crippen LogP contribution in [0.5, 0.6) is 0 Å². The van der Waals surface area contributed by atoms with Gasteiger partial charge in [-0.2, -0.15) is 0 Å². The first kappa shape index (κ1) is 17.4. The van der Waals surface area contributed by atoms with Gasteiger partial charge in [0, 0.05) is 23.8 Å². The van der Waals surface area contributed by atoms with Gasteiger partial charge in [0.1, 0.15) is 6.10 Å². The summed E-state index contributed by atoms with van der Waals surface area (Å²) in [7, 11) is 0. The Balaban J connectivity index is 1.78. The van der Waals surface area contributed by atoms with Crippen LogP contribution in [-0.2, 0) is 27.1 Å². The molecule has 1 heterocycles. The number of esters is 1. The Morgan fingerprint density at radius 3 is 2.77 bits per heavy atom. The van der Waals surface area contributed by atoms with E-state index in [9.17, 15) is 4.79 Å². The molecule has 2 rings (SSSR count). The van der Waals surface area contributed by atoms with Gasteiger partial charge in [0.2, 0.25) is 0 Å². The molecule has 0 aliphatic heterocycles. The zero-order valence-electron chi connectivity index (χ0n) is 14.1. The fourth-order valence-electron chi connectivity index (χ4n) is 2.64. The maximum Gasteiger partial charge on any atom is 0.312 e. The average Bonchev–Trinajstić information content (AvgIpc) is 2.93. The van der Waals surface area contributed by atoms with Crippen LogP contribution in [0.1, 0.15) is 57.7 Å². The average molecular weight is 325 g/mol. The van der Waals surface area contributed by atoms with E-state index in [1.165, 1.54) is 0 Å². The Hall–Kier alpha value is -0.940. The first-order chi connectivity index (χ1) is 10.5. The number of thiazole rings is 1. The first-order valence-electron chi connectivity index (χ1n) is 8.21. The fourth-order valence-corrected chi connectivity index (χ4v) is 3.39. The van der Waals surface area contributed by atoms with Crippen molar-refractivity contribution in [2.45, 2.75) is 72.0 Å². The molecule has 22 heavy (non-hydrogen) atoms. The lowest BCUT2D eigenvalue weighted by Gasteiger charge is -2.50. The van der Waals surface area contributed by atoms with Crippen molar-refractivity contribution in [1.29, 1.82) is 0 Å². The smallest absolute Gasteiger partial charge is 0.312 e. The molecule has 4 nitrogen and oxygen atoms in total. The van der Waals surface area contributed by atoms with Crippen LogP contribution in [0, 0.1) is 5.41 Å². The zero-order valence-corrected chi connectivity index (χ0v) is 14.9. The van der Waals surface area contributed by atoms with Gasteiger partial charge in [-0.05, 0) is 12.8 Å². The maximum absolute atomic E-state index is 12.1. The van der Waals surface area contributed by atoms with Crippen molar-refractivity contribution in [2.24, 2.45) is 5.41 Å². The largest absolute Gasteiger partial charge is 0.461 e. The molecule has 5 heteroatoms. The van der Waals surface area contributed by atoms with Crippen LogP contribution in [0.15, 0.2) is 5.38 Å². The Bertz CT molecular complexity index is 498. The van der Waals surface area contributed by atoms with Crippen LogP contribution in [0.25, 0.3) is 0 Å². The predicted octanol–water partition coefficient (Wildman–Crippen LogP) is 3.78. The molecule has 0 bridgehead atoms. The standard InChI is InChI=1S/C17H27NO3S/c1-5-7-8-20-13-10-14(17(13,3)4)21-16(19)9-12-11-22-15(6-2)18-12/h11,13-14H,5-10H2,1-4H3. The highest BCUT2D eigenvalue weighted by molar-refractivity contribution is 7.09. The minimum Gasteiger partial charge on any atom is -0.461 e. The number of hydrogen-bond donors (Lipinski definition) is 0. The van der Waals surface area contributed by atoms with Crippen molar-refractivity contribution in [2.75, 3.05) is 6.61 Å². The third-order valence-corrected chi connectivity index (χ3v) is 5.45. The summed E-state index contributed by atoms with van der Waals surface area (Å²) in [6.45, 7) is 9.24. The van der Waals surface area contributed by atoms with Gasteiger partial charge in [-0.25, -0.2) is 4.98 Å². The first-order valence-corrected chi connectivity index (χ1v) is 9.09. The quantitative estimate of drug-likeness (QED) is 0.539. The predicted molar refractivity (Wildman–Crippen MR) is 88.1 cm³/mol. The molecule has 0 aromatic carbocycles. The van der Waals surface area contributed by atoms with E-state index in [2.05, 4.69) is 32.7 Å². The van der Waals surface area contributed by atoms with E-state index in [1.54, 1.807) is 11.3 Å². The molecule has 1 aromatic rings. The van der Waals surface area contributed by atoms with Gasteiger partial charge in [-0.3, -0.25) is 4.79 Å². The van der Waals surface area contributed by atoms with Crippen molar-refractivity contribution < 1.29 is 14.3 Å². The van der Waals surface area contributed by atoms with E-state index >= 15 is 0 Å². The van der Waals surface area contributed by atoms with Gasteiger partial charge in [-0.1, -0.05) is 34.1 Å². The summed E-state index contributed by atoms with van der Waals surface area (Å²) < 4.78 is 11.5. The summed E-state index contributed by atoms with van der Waals surface area (Å²) in [5.74, 6) is -0.182. The highest BCUT2D eigenvalue weighted by atomic mass is 32.1. The van der Waals surface area contributed by atoms with E-state index in [4.69, 9.17) is 9.47 Å². The highest BCUT2D eigenvalue weighted by Gasteiger charge is 2.51. The van der Waals surface area contributed by atoms with E-state index in [0.29, 0.717) is 0 Å². The van der Waals surface area contributed by atoms with Gasteiger partial charge < -0.3 is 9.47 Å². The van der Waals surface area contributed by atoms with Crippen LogP contribution in [0.4, 0.5) is 0 Å². The summed E-state index contributed by atoms with van der Waals surface area (Å²) in [6, 6.07) is 0. The van der Waals surface area contributed by atoms with Crippen molar-refractivity contribution in [3.8, 4) is 0 Å². The molecule has 1 aliphatic rings. The molecule has 1 saturated carbocycles. The summed E-state index contributed by atoms with van der Waals surface area (Å²) in [6.07, 6.45) is 4.36. The lowest BCUT2D eigenvalue weighted by Crippen LogP contribution is -2.56. The molecular formula is C17H27NO3S. The Morgan fingerprint density at radius 1 is 1.41 bits per heavy atom. The third kappa shape index (κ3) is 4.07. The molecule has 0 N–H and O–H groups in total. The summed E-state index contributed by atoms with van der Waals surface area (Å²) >= 11 is 1.60. The van der Waals surface area contributed by atoms with Crippen molar-refractivity contribution in [3.63, 3.8) is 0 Å². The molecule has 2 atom stereocenters. The lowest BCUT2D eigenvalue weighted by atomic mass is 9.66. The van der Waals surface area contributed by atoms with Crippen LogP contribution in [-0.4, -0.2) is 29.8 Å². The molecule has 2 unspecified atom stereocenters. The lowest BCUT2D eigenvalue weighted by molar-refractivity contribution is -0.202. The Labute approximate surface area is 137 Å². The molecule has 0 amide bonds. The third-order valence-electron chi connectivity index (χ3n) is 4.41. The van der Waals surface area contributed by atoms with Gasteiger partial charge in [-0.15, -0.1) is 11.3 Å². The van der Waals surface area contributed by atoms with Crippen LogP contribution in [0.2, 0.25) is 0 Å². The monoisotopic (exact) mass is 325 g/mol. The van der Waals surface area contributed by atoms with Crippen molar-refractivity contribution >= 4 is 17.3 Å². The Morgan fingerprint density at radius 2 is 2.18 bits per heavy atom. The zero-order chi connectivity index (χ0) is 16.2. The van der Waals surface area contributed by atoms with Gasteiger partial charge in [0.15, 0.2) is 0 Å². The summed E-state index contributed by atoms with van der Waals surface area (Å²) in [4.78, 5) is 16.5. The molecule has 0 saturated heterocycles. The summed E-state index contributed by atoms with van der Waals surface area (Å²) in [5, 5.41) is 3.01. The van der Waals surface area contributed by atoms with E-state index in [1.807, 2.05) is 5.38 Å². The van der Waals surface area contributed by atoms with Crippen LogP contribution in [0.3, 0.4) is 0 Å². The molecule has 124 valence electrons. The number of hydrogen-bond acceptors (Lipinski definition) is 5. The minimum absolute atomic E-state index is 0.0455. The molecular weight excluding hydrogens is 298 g/mol. The van der Waals surface area contributed by atoms with E-state index < -0.39 is 0 Å². The van der Waals surface area contributed by atoms with Gasteiger partial charge >= 0.3 is 5.97 Å². The number of carbonyl (C=O) groups excluding carboxylic acids is 1. The second-order valence-corrected chi connectivity index (χ2v) is 7.45. The number of aromatic nitrogens is 1. The van der Waals surface area contributed by atoms with Crippen molar-refractivity contribution in [3.05, 3.63) is 16.1 Å². The highest BCUT2D eigenvalue weighted by Crippen LogP contribution is 2.45. The normalized spacial score (nSPS) is 23.1. The number of nitrogens with zero attached hydrogens (tertiary/aromatic N) is 1. The Kier molecular flexibility index (Phi) is 5.98. The minimum atomic E-state index is -0.182. The van der Waals surface area contributed by atoms with Crippen molar-refractivity contribution in [1.82, 2.24) is 4.98 Å².